The van der Waals surface area contributed by atoms with Gasteiger partial charge in [0.2, 0.25) is 0 Å². The van der Waals surface area contributed by atoms with Gasteiger partial charge in [0, 0.05) is 5.92 Å². The number of hydrogen-bond acceptors (Lipinski definition) is 1. The maximum Gasteiger partial charge on any atom is 0.0133 e. The van der Waals surface area contributed by atoms with Crippen LogP contribution in [-0.4, -0.2) is 6.54 Å². The van der Waals surface area contributed by atoms with E-state index in [4.69, 9.17) is 5.73 Å². The van der Waals surface area contributed by atoms with Crippen molar-refractivity contribution in [2.24, 2.45) is 11.7 Å². The topological polar surface area (TPSA) is 26.0 Å². The number of hydrogen-bond donors (Lipinski definition) is 1. The van der Waals surface area contributed by atoms with Crippen LogP contribution < -0.4 is 5.73 Å². The monoisotopic (exact) mass is 425 g/mol. The third-order valence-electron chi connectivity index (χ3n) is 5.79. The summed E-state index contributed by atoms with van der Waals surface area (Å²) in [5.41, 5.74) is 15.3. The number of nitrogens with two attached hydrogens (primary N) is 1. The van der Waals surface area contributed by atoms with E-state index in [1.54, 1.807) is 0 Å². The number of allylic oxidation sites excluding steroid dienone is 1. The molecule has 0 spiro atoms. The Morgan fingerprint density at radius 3 is 1.78 bits per heavy atom. The fourth-order valence-electron chi connectivity index (χ4n) is 3.76. The summed E-state index contributed by atoms with van der Waals surface area (Å²) >= 11 is 0. The molecule has 0 bridgehead atoms. The molecule has 0 aromatic heterocycles. The number of unbranched alkanes of at least 4 members (excludes halogenated alkanes) is 1. The van der Waals surface area contributed by atoms with E-state index in [1.807, 2.05) is 0 Å². The second-order valence-corrected chi connectivity index (χ2v) is 8.67. The maximum atomic E-state index is 5.42. The molecule has 0 unspecified atom stereocenters. The normalized spacial score (nSPS) is 10.4. The molecule has 0 saturated carbocycles. The zero-order valence-electron chi connectivity index (χ0n) is 20.1. The average Bonchev–Trinajstić information content (AvgIpc) is 2.82. The Labute approximate surface area is 195 Å². The molecular formula is C31H39N. The smallest absolute Gasteiger partial charge is 0.0133 e. The van der Waals surface area contributed by atoms with Gasteiger partial charge in [-0.15, -0.1) is 5.73 Å². The molecule has 0 aliphatic carbocycles. The van der Waals surface area contributed by atoms with Crippen LogP contribution in [0.4, 0.5) is 0 Å². The predicted molar refractivity (Wildman–Crippen MR) is 140 cm³/mol. The molecule has 168 valence electrons. The first-order chi connectivity index (χ1) is 15.5. The Balaban J connectivity index is 0.000000258. The molecule has 0 saturated heterocycles. The van der Waals surface area contributed by atoms with Gasteiger partial charge in [-0.05, 0) is 67.3 Å². The van der Waals surface area contributed by atoms with Crippen molar-refractivity contribution in [3.05, 3.63) is 125 Å². The van der Waals surface area contributed by atoms with E-state index in [9.17, 15) is 0 Å². The quantitative estimate of drug-likeness (QED) is 0.274. The van der Waals surface area contributed by atoms with Crippen LogP contribution in [0.3, 0.4) is 0 Å². The number of aryl methyl sites for hydroxylation is 2. The van der Waals surface area contributed by atoms with Crippen LogP contribution in [0.5, 0.6) is 0 Å². The van der Waals surface area contributed by atoms with Crippen molar-refractivity contribution < 1.29 is 0 Å². The molecule has 0 atom stereocenters. The van der Waals surface area contributed by atoms with Crippen molar-refractivity contribution in [2.75, 3.05) is 6.54 Å². The summed E-state index contributed by atoms with van der Waals surface area (Å²) in [6, 6.07) is 30.1. The summed E-state index contributed by atoms with van der Waals surface area (Å²) in [4.78, 5) is 0. The van der Waals surface area contributed by atoms with Gasteiger partial charge >= 0.3 is 0 Å². The van der Waals surface area contributed by atoms with Crippen LogP contribution in [0, 0.1) is 12.8 Å². The Morgan fingerprint density at radius 1 is 0.812 bits per heavy atom. The first-order valence-electron chi connectivity index (χ1n) is 11.8. The van der Waals surface area contributed by atoms with E-state index >= 15 is 0 Å². The number of benzene rings is 3. The number of rotatable bonds is 9. The molecular weight excluding hydrogens is 386 g/mol. The second-order valence-electron chi connectivity index (χ2n) is 8.67. The molecule has 32 heavy (non-hydrogen) atoms. The summed E-state index contributed by atoms with van der Waals surface area (Å²) in [6.45, 7) is 11.2. The second kappa shape index (κ2) is 14.2. The third kappa shape index (κ3) is 8.71. The Morgan fingerprint density at radius 2 is 1.34 bits per heavy atom. The Kier molecular flexibility index (Phi) is 11.3. The van der Waals surface area contributed by atoms with Crippen molar-refractivity contribution in [3.8, 4) is 0 Å². The van der Waals surface area contributed by atoms with E-state index in [0.717, 1.165) is 25.8 Å². The van der Waals surface area contributed by atoms with Crippen LogP contribution in [-0.2, 0) is 6.42 Å². The lowest BCUT2D eigenvalue weighted by Crippen LogP contribution is -2.05. The van der Waals surface area contributed by atoms with Gasteiger partial charge in [-0.2, -0.15) is 0 Å². The zero-order valence-corrected chi connectivity index (χ0v) is 20.1. The van der Waals surface area contributed by atoms with E-state index in [-0.39, 0.29) is 0 Å². The van der Waals surface area contributed by atoms with Crippen molar-refractivity contribution in [3.63, 3.8) is 0 Å². The van der Waals surface area contributed by atoms with E-state index in [2.05, 4.69) is 118 Å². The van der Waals surface area contributed by atoms with Crippen molar-refractivity contribution >= 4 is 0 Å². The minimum Gasteiger partial charge on any atom is -0.330 e. The Bertz CT molecular complexity index is 893. The lowest BCUT2D eigenvalue weighted by Gasteiger charge is -2.20. The van der Waals surface area contributed by atoms with E-state index < -0.39 is 0 Å². The van der Waals surface area contributed by atoms with Gasteiger partial charge in [0.15, 0.2) is 0 Å². The molecule has 0 heterocycles. The van der Waals surface area contributed by atoms with Gasteiger partial charge in [-0.3, -0.25) is 0 Å². The predicted octanol–water partition coefficient (Wildman–Crippen LogP) is 7.85. The largest absolute Gasteiger partial charge is 0.330 e. The van der Waals surface area contributed by atoms with Gasteiger partial charge in [0.05, 0.1) is 0 Å². The first kappa shape index (κ1) is 25.4. The maximum absolute atomic E-state index is 5.42. The highest BCUT2D eigenvalue weighted by atomic mass is 14.5. The summed E-state index contributed by atoms with van der Waals surface area (Å²) in [5, 5.41) is 0. The molecule has 3 aromatic rings. The lowest BCUT2D eigenvalue weighted by atomic mass is 9.83. The molecule has 1 heteroatoms. The molecule has 0 radical (unpaired) electrons. The highest BCUT2D eigenvalue weighted by Crippen LogP contribution is 2.32. The molecule has 0 fully saturated rings. The summed E-state index contributed by atoms with van der Waals surface area (Å²) < 4.78 is 0. The van der Waals surface area contributed by atoms with E-state index in [0.29, 0.717) is 11.8 Å². The van der Waals surface area contributed by atoms with Crippen LogP contribution in [0.15, 0.2) is 103 Å². The summed E-state index contributed by atoms with van der Waals surface area (Å²) in [5.74, 6) is 0.867. The third-order valence-corrected chi connectivity index (χ3v) is 5.79. The van der Waals surface area contributed by atoms with Gasteiger partial charge < -0.3 is 5.73 Å². The fourth-order valence-corrected chi connectivity index (χ4v) is 3.76. The molecule has 3 rings (SSSR count). The van der Waals surface area contributed by atoms with Crippen LogP contribution in [0.1, 0.15) is 61.3 Å². The minimum absolute atomic E-state index is 0.379. The summed E-state index contributed by atoms with van der Waals surface area (Å²) in [7, 11) is 0. The fraction of sp³-hybridized carbons (Fsp3) is 0.323. The highest BCUT2D eigenvalue weighted by molar-refractivity contribution is 5.34. The van der Waals surface area contributed by atoms with Crippen LogP contribution >= 0.6 is 0 Å². The molecule has 2 N–H and O–H groups in total. The molecule has 0 amide bonds. The zero-order chi connectivity index (χ0) is 23.2. The van der Waals surface area contributed by atoms with Gasteiger partial charge in [-0.1, -0.05) is 111 Å². The molecule has 1 nitrogen and oxygen atoms in total. The SMILES string of the molecule is C=C=C(CC(c1ccccc1)c1ccccc1)C(C)C.Cc1ccc(CCCCN)cc1. The van der Waals surface area contributed by atoms with E-state index in [1.165, 1.54) is 34.2 Å². The standard InChI is InChI=1S/C20H22.C11H17N/c1-4-17(16(2)3)15-20(18-11-7-5-8-12-18)19-13-9-6-10-14-19;1-10-5-7-11(8-6-10)4-2-3-9-12/h5-14,16,20H,1,15H2,2-3H3;5-8H,2-4,9,12H2,1H3. The molecule has 0 aliphatic rings. The van der Waals surface area contributed by atoms with Crippen molar-refractivity contribution in [2.45, 2.75) is 52.4 Å². The van der Waals surface area contributed by atoms with Gasteiger partial charge in [0.1, 0.15) is 0 Å². The van der Waals surface area contributed by atoms with Crippen LogP contribution in [0.25, 0.3) is 0 Å². The highest BCUT2D eigenvalue weighted by Gasteiger charge is 2.17. The van der Waals surface area contributed by atoms with Crippen LogP contribution in [0.2, 0.25) is 0 Å². The van der Waals surface area contributed by atoms with Crippen molar-refractivity contribution in [1.29, 1.82) is 0 Å². The molecule has 0 aliphatic heterocycles. The minimum atomic E-state index is 0.379. The average molecular weight is 426 g/mol. The van der Waals surface area contributed by atoms with Gasteiger partial charge in [0.25, 0.3) is 0 Å². The molecule has 3 aromatic carbocycles. The van der Waals surface area contributed by atoms with Crippen molar-refractivity contribution in [1.82, 2.24) is 0 Å². The summed E-state index contributed by atoms with van der Waals surface area (Å²) in [6.07, 6.45) is 4.49. The first-order valence-corrected chi connectivity index (χ1v) is 11.8. The Hall–Kier alpha value is -2.86. The van der Waals surface area contributed by atoms with Gasteiger partial charge in [-0.25, -0.2) is 0 Å². The lowest BCUT2D eigenvalue weighted by molar-refractivity contribution is 0.673.